The lowest BCUT2D eigenvalue weighted by Gasteiger charge is -2.03. The van der Waals surface area contributed by atoms with Crippen molar-refractivity contribution < 1.29 is 18.7 Å². The van der Waals surface area contributed by atoms with Crippen LogP contribution in [-0.4, -0.2) is 11.1 Å². The number of benzene rings is 1. The fraction of sp³-hybridized carbons (Fsp3) is 0.154. The SMILES string of the molecule is Cc1oc(CNc2cccc(F)c2)cc1C(=O)O. The average Bonchev–Trinajstić information content (AvgIpc) is 2.68. The Hall–Kier alpha value is -2.30. The van der Waals surface area contributed by atoms with E-state index in [4.69, 9.17) is 9.52 Å². The van der Waals surface area contributed by atoms with Gasteiger partial charge >= 0.3 is 5.97 Å². The second-order valence-corrected chi connectivity index (χ2v) is 3.85. The van der Waals surface area contributed by atoms with Gasteiger partial charge in [-0.1, -0.05) is 6.07 Å². The number of halogens is 1. The van der Waals surface area contributed by atoms with Gasteiger partial charge in [-0.05, 0) is 31.2 Å². The van der Waals surface area contributed by atoms with Gasteiger partial charge in [-0.25, -0.2) is 9.18 Å². The highest BCUT2D eigenvalue weighted by atomic mass is 19.1. The molecule has 2 N–H and O–H groups in total. The van der Waals surface area contributed by atoms with E-state index < -0.39 is 5.97 Å². The summed E-state index contributed by atoms with van der Waals surface area (Å²) < 4.78 is 18.2. The molecule has 1 heterocycles. The summed E-state index contributed by atoms with van der Waals surface area (Å²) in [6.45, 7) is 1.90. The highest BCUT2D eigenvalue weighted by Crippen LogP contribution is 2.16. The lowest BCUT2D eigenvalue weighted by atomic mass is 10.2. The molecule has 0 aliphatic rings. The Morgan fingerprint density at radius 1 is 1.44 bits per heavy atom. The first-order valence-electron chi connectivity index (χ1n) is 5.38. The van der Waals surface area contributed by atoms with E-state index in [2.05, 4.69) is 5.32 Å². The standard InChI is InChI=1S/C13H12FNO3/c1-8-12(13(16)17)6-11(18-8)7-15-10-4-2-3-9(14)5-10/h2-6,15H,7H2,1H3,(H,16,17). The van der Waals surface area contributed by atoms with E-state index in [-0.39, 0.29) is 11.4 Å². The van der Waals surface area contributed by atoms with Crippen LogP contribution in [0.4, 0.5) is 10.1 Å². The molecule has 0 aliphatic carbocycles. The second kappa shape index (κ2) is 4.91. The van der Waals surface area contributed by atoms with Gasteiger partial charge in [-0.2, -0.15) is 0 Å². The predicted molar refractivity (Wildman–Crippen MR) is 64.1 cm³/mol. The maximum absolute atomic E-state index is 12.9. The van der Waals surface area contributed by atoms with Gasteiger partial charge in [0, 0.05) is 5.69 Å². The third-order valence-corrected chi connectivity index (χ3v) is 2.49. The molecule has 4 nitrogen and oxygen atoms in total. The Morgan fingerprint density at radius 3 is 2.83 bits per heavy atom. The molecule has 0 saturated heterocycles. The number of nitrogens with one attached hydrogen (secondary N) is 1. The molecule has 0 bridgehead atoms. The Labute approximate surface area is 103 Å². The minimum atomic E-state index is -1.02. The fourth-order valence-electron chi connectivity index (χ4n) is 1.63. The number of furan rings is 1. The average molecular weight is 249 g/mol. The maximum atomic E-state index is 12.9. The summed E-state index contributed by atoms with van der Waals surface area (Å²) in [5, 5.41) is 11.8. The summed E-state index contributed by atoms with van der Waals surface area (Å²) in [5.41, 5.74) is 0.756. The van der Waals surface area contributed by atoms with Crippen molar-refractivity contribution in [3.05, 3.63) is 53.2 Å². The molecule has 1 aromatic carbocycles. The second-order valence-electron chi connectivity index (χ2n) is 3.85. The minimum Gasteiger partial charge on any atom is -0.478 e. The van der Waals surface area contributed by atoms with Gasteiger partial charge in [0.05, 0.1) is 6.54 Å². The van der Waals surface area contributed by atoms with E-state index in [1.165, 1.54) is 18.2 Å². The number of hydrogen-bond acceptors (Lipinski definition) is 3. The summed E-state index contributed by atoms with van der Waals surface area (Å²) in [7, 11) is 0. The first-order valence-corrected chi connectivity index (χ1v) is 5.38. The van der Waals surface area contributed by atoms with Crippen LogP contribution in [0, 0.1) is 12.7 Å². The Kier molecular flexibility index (Phi) is 3.32. The van der Waals surface area contributed by atoms with Gasteiger partial charge in [0.2, 0.25) is 0 Å². The molecule has 0 fully saturated rings. The summed E-state index contributed by atoms with van der Waals surface area (Å²) in [6, 6.07) is 7.48. The van der Waals surface area contributed by atoms with Gasteiger partial charge in [-0.3, -0.25) is 0 Å². The third-order valence-electron chi connectivity index (χ3n) is 2.49. The van der Waals surface area contributed by atoms with Gasteiger partial charge in [0.1, 0.15) is 22.9 Å². The zero-order chi connectivity index (χ0) is 13.1. The summed E-state index contributed by atoms with van der Waals surface area (Å²) in [4.78, 5) is 10.8. The first kappa shape index (κ1) is 12.2. The molecule has 94 valence electrons. The highest BCUT2D eigenvalue weighted by molar-refractivity contribution is 5.88. The molecule has 5 heteroatoms. The highest BCUT2D eigenvalue weighted by Gasteiger charge is 2.13. The van der Waals surface area contributed by atoms with Crippen molar-refractivity contribution in [2.75, 3.05) is 5.32 Å². The summed E-state index contributed by atoms with van der Waals surface area (Å²) >= 11 is 0. The fourth-order valence-corrected chi connectivity index (χ4v) is 1.63. The van der Waals surface area contributed by atoms with Crippen LogP contribution < -0.4 is 5.32 Å². The van der Waals surface area contributed by atoms with E-state index in [1.54, 1.807) is 19.1 Å². The van der Waals surface area contributed by atoms with Crippen molar-refractivity contribution in [3.8, 4) is 0 Å². The van der Waals surface area contributed by atoms with E-state index >= 15 is 0 Å². The van der Waals surface area contributed by atoms with Crippen molar-refractivity contribution in [3.63, 3.8) is 0 Å². The van der Waals surface area contributed by atoms with Gasteiger partial charge in [0.15, 0.2) is 0 Å². The molecule has 1 aromatic heterocycles. The number of carboxylic acid groups (broad SMARTS) is 1. The molecule has 18 heavy (non-hydrogen) atoms. The molecule has 2 rings (SSSR count). The summed E-state index contributed by atoms with van der Waals surface area (Å²) in [5.74, 6) is -0.497. The molecular formula is C13H12FNO3. The number of hydrogen-bond donors (Lipinski definition) is 2. The number of carboxylic acids is 1. The lowest BCUT2D eigenvalue weighted by molar-refractivity contribution is 0.0695. The molecule has 0 atom stereocenters. The van der Waals surface area contributed by atoms with E-state index in [0.717, 1.165) is 0 Å². The van der Waals surface area contributed by atoms with Gasteiger partial charge in [0.25, 0.3) is 0 Å². The molecule has 0 unspecified atom stereocenters. The van der Waals surface area contributed by atoms with Crippen LogP contribution in [0.25, 0.3) is 0 Å². The van der Waals surface area contributed by atoms with Crippen molar-refractivity contribution in [1.82, 2.24) is 0 Å². The van der Waals surface area contributed by atoms with E-state index in [1.807, 2.05) is 0 Å². The zero-order valence-corrected chi connectivity index (χ0v) is 9.74. The number of rotatable bonds is 4. The van der Waals surface area contributed by atoms with Gasteiger partial charge in [-0.15, -0.1) is 0 Å². The van der Waals surface area contributed by atoms with Gasteiger partial charge < -0.3 is 14.8 Å². The monoisotopic (exact) mass is 249 g/mol. The molecule has 0 aliphatic heterocycles. The Morgan fingerprint density at radius 2 is 2.22 bits per heavy atom. The smallest absolute Gasteiger partial charge is 0.339 e. The van der Waals surface area contributed by atoms with Crippen molar-refractivity contribution in [2.45, 2.75) is 13.5 Å². The molecule has 0 saturated carbocycles. The largest absolute Gasteiger partial charge is 0.478 e. The van der Waals surface area contributed by atoms with Crippen LogP contribution >= 0.6 is 0 Å². The lowest BCUT2D eigenvalue weighted by Crippen LogP contribution is -1.98. The van der Waals surface area contributed by atoms with Crippen LogP contribution in [-0.2, 0) is 6.54 Å². The van der Waals surface area contributed by atoms with Crippen molar-refractivity contribution >= 4 is 11.7 Å². The zero-order valence-electron chi connectivity index (χ0n) is 9.74. The third kappa shape index (κ3) is 2.68. The quantitative estimate of drug-likeness (QED) is 0.874. The first-order chi connectivity index (χ1) is 8.56. The van der Waals surface area contributed by atoms with E-state index in [0.29, 0.717) is 23.8 Å². The summed E-state index contributed by atoms with van der Waals surface area (Å²) in [6.07, 6.45) is 0. The van der Waals surface area contributed by atoms with Crippen LogP contribution in [0.2, 0.25) is 0 Å². The number of aryl methyl sites for hydroxylation is 1. The molecule has 0 amide bonds. The number of anilines is 1. The molecular weight excluding hydrogens is 237 g/mol. The number of aromatic carboxylic acids is 1. The van der Waals surface area contributed by atoms with Crippen LogP contribution in [0.15, 0.2) is 34.7 Å². The topological polar surface area (TPSA) is 62.5 Å². The predicted octanol–water partition coefficient (Wildman–Crippen LogP) is 3.04. The molecule has 2 aromatic rings. The van der Waals surface area contributed by atoms with Crippen molar-refractivity contribution in [2.24, 2.45) is 0 Å². The minimum absolute atomic E-state index is 0.144. The van der Waals surface area contributed by atoms with Crippen LogP contribution in [0.3, 0.4) is 0 Å². The number of carbonyl (C=O) groups is 1. The normalized spacial score (nSPS) is 10.3. The van der Waals surface area contributed by atoms with Crippen LogP contribution in [0.1, 0.15) is 21.9 Å². The van der Waals surface area contributed by atoms with Crippen LogP contribution in [0.5, 0.6) is 0 Å². The Balaban J connectivity index is 2.06. The Bertz CT molecular complexity index is 577. The van der Waals surface area contributed by atoms with E-state index in [9.17, 15) is 9.18 Å². The molecule has 0 spiro atoms. The molecule has 0 radical (unpaired) electrons. The maximum Gasteiger partial charge on any atom is 0.339 e. The van der Waals surface area contributed by atoms with Crippen molar-refractivity contribution in [1.29, 1.82) is 0 Å².